The van der Waals surface area contributed by atoms with Gasteiger partial charge in [0.2, 0.25) is 0 Å². The van der Waals surface area contributed by atoms with Crippen molar-refractivity contribution in [1.29, 1.82) is 0 Å². The number of amides is 2. The molecule has 2 aliphatic rings. The standard InChI is InChI=1S/C28H27N3O5/c1-2-36-28(35)30-16-12-20(13-17-30)31-24(19-10-14-29-15-11-19)23(26(33)27(31)34)25(32)22-9-5-7-18-6-3-4-8-21(18)22/h3-11,14-15,20,24,32H,2,12-13,16-17H2,1H3/b25-23-. The van der Waals surface area contributed by atoms with E-state index in [-0.39, 0.29) is 23.5 Å². The molecule has 1 N–H and O–H groups in total. The molecule has 1 aromatic heterocycles. The molecule has 2 saturated heterocycles. The van der Waals surface area contributed by atoms with E-state index in [1.54, 1.807) is 47.3 Å². The van der Waals surface area contributed by atoms with E-state index in [0.717, 1.165) is 10.8 Å². The molecule has 1 unspecified atom stereocenters. The number of hydrogen-bond donors (Lipinski definition) is 1. The maximum atomic E-state index is 13.4. The Morgan fingerprint density at radius 1 is 1.03 bits per heavy atom. The molecule has 184 valence electrons. The normalized spacial score (nSPS) is 20.2. The molecule has 0 radical (unpaired) electrons. The average Bonchev–Trinajstić information content (AvgIpc) is 3.18. The fourth-order valence-electron chi connectivity index (χ4n) is 5.22. The van der Waals surface area contributed by atoms with Crippen molar-refractivity contribution in [3.05, 3.63) is 83.7 Å². The van der Waals surface area contributed by atoms with Gasteiger partial charge in [0.15, 0.2) is 0 Å². The monoisotopic (exact) mass is 485 g/mol. The number of aromatic nitrogens is 1. The molecule has 0 saturated carbocycles. The van der Waals surface area contributed by atoms with Gasteiger partial charge in [-0.3, -0.25) is 14.6 Å². The molecule has 0 bridgehead atoms. The van der Waals surface area contributed by atoms with E-state index in [4.69, 9.17) is 4.74 Å². The van der Waals surface area contributed by atoms with E-state index in [1.807, 2.05) is 36.4 Å². The maximum Gasteiger partial charge on any atom is 0.409 e. The van der Waals surface area contributed by atoms with Crippen LogP contribution in [-0.2, 0) is 14.3 Å². The molecular weight excluding hydrogens is 458 g/mol. The minimum absolute atomic E-state index is 0.0652. The van der Waals surface area contributed by atoms with Crippen molar-refractivity contribution < 1.29 is 24.2 Å². The quantitative estimate of drug-likeness (QED) is 0.336. The number of aliphatic hydroxyl groups excluding tert-OH is 1. The van der Waals surface area contributed by atoms with Crippen molar-refractivity contribution in [2.24, 2.45) is 0 Å². The first-order valence-corrected chi connectivity index (χ1v) is 12.1. The summed E-state index contributed by atoms with van der Waals surface area (Å²) in [4.78, 5) is 46.3. The van der Waals surface area contributed by atoms with Crippen LogP contribution in [0.25, 0.3) is 16.5 Å². The lowest BCUT2D eigenvalue weighted by Gasteiger charge is -2.38. The smallest absolute Gasteiger partial charge is 0.409 e. The predicted molar refractivity (Wildman–Crippen MR) is 134 cm³/mol. The molecule has 8 heteroatoms. The second-order valence-corrected chi connectivity index (χ2v) is 8.93. The van der Waals surface area contributed by atoms with E-state index in [9.17, 15) is 19.5 Å². The van der Waals surface area contributed by atoms with Crippen LogP contribution >= 0.6 is 0 Å². The maximum absolute atomic E-state index is 13.4. The molecule has 36 heavy (non-hydrogen) atoms. The highest BCUT2D eigenvalue weighted by Gasteiger charge is 2.49. The van der Waals surface area contributed by atoms with Crippen molar-refractivity contribution in [1.82, 2.24) is 14.8 Å². The van der Waals surface area contributed by atoms with Crippen LogP contribution in [0.5, 0.6) is 0 Å². The highest BCUT2D eigenvalue weighted by molar-refractivity contribution is 6.46. The SMILES string of the molecule is CCOC(=O)N1CCC(N2C(=O)C(=O)/C(=C(\O)c3cccc4ccccc34)C2c2ccncc2)CC1. The van der Waals surface area contributed by atoms with E-state index in [0.29, 0.717) is 43.7 Å². The van der Waals surface area contributed by atoms with Crippen LogP contribution in [0.3, 0.4) is 0 Å². The number of ether oxygens (including phenoxy) is 1. The molecule has 2 amide bonds. The molecule has 2 aromatic carbocycles. The summed E-state index contributed by atoms with van der Waals surface area (Å²) >= 11 is 0. The number of ketones is 1. The summed E-state index contributed by atoms with van der Waals surface area (Å²) in [7, 11) is 0. The number of aliphatic hydroxyl groups is 1. The van der Waals surface area contributed by atoms with Gasteiger partial charge in [-0.25, -0.2) is 4.79 Å². The van der Waals surface area contributed by atoms with Gasteiger partial charge in [0.05, 0.1) is 18.2 Å². The summed E-state index contributed by atoms with van der Waals surface area (Å²) in [6, 6.07) is 15.6. The van der Waals surface area contributed by atoms with Gasteiger partial charge in [-0.1, -0.05) is 42.5 Å². The largest absolute Gasteiger partial charge is 0.507 e. The van der Waals surface area contributed by atoms with Crippen LogP contribution in [0.1, 0.15) is 36.9 Å². The molecule has 8 nitrogen and oxygen atoms in total. The Hall–Kier alpha value is -4.20. The van der Waals surface area contributed by atoms with Crippen molar-refractivity contribution >= 4 is 34.3 Å². The van der Waals surface area contributed by atoms with E-state index in [2.05, 4.69) is 4.98 Å². The van der Waals surface area contributed by atoms with Crippen LogP contribution < -0.4 is 0 Å². The first kappa shape index (κ1) is 23.5. The highest BCUT2D eigenvalue weighted by Crippen LogP contribution is 2.42. The first-order valence-electron chi connectivity index (χ1n) is 12.1. The lowest BCUT2D eigenvalue weighted by molar-refractivity contribution is -0.142. The topological polar surface area (TPSA) is 100 Å². The van der Waals surface area contributed by atoms with Gasteiger partial charge >= 0.3 is 6.09 Å². The second-order valence-electron chi connectivity index (χ2n) is 8.93. The first-order chi connectivity index (χ1) is 17.5. The Morgan fingerprint density at radius 3 is 2.44 bits per heavy atom. The number of rotatable bonds is 4. The Bertz CT molecular complexity index is 1340. The second kappa shape index (κ2) is 9.81. The van der Waals surface area contributed by atoms with Crippen molar-refractivity contribution in [2.75, 3.05) is 19.7 Å². The third-order valence-corrected chi connectivity index (χ3v) is 6.93. The number of carbonyl (C=O) groups excluding carboxylic acids is 3. The molecule has 3 aromatic rings. The van der Waals surface area contributed by atoms with Crippen molar-refractivity contribution in [3.8, 4) is 0 Å². The van der Waals surface area contributed by atoms with E-state index in [1.165, 1.54) is 0 Å². The highest BCUT2D eigenvalue weighted by atomic mass is 16.6. The summed E-state index contributed by atoms with van der Waals surface area (Å²) in [6.07, 6.45) is 3.84. The number of fused-ring (bicyclic) bond motifs is 1. The summed E-state index contributed by atoms with van der Waals surface area (Å²) in [5.74, 6) is -1.55. The summed E-state index contributed by atoms with van der Waals surface area (Å²) in [5.41, 5.74) is 1.26. The zero-order valence-corrected chi connectivity index (χ0v) is 20.0. The number of benzene rings is 2. The number of carbonyl (C=O) groups is 3. The van der Waals surface area contributed by atoms with Gasteiger partial charge in [0, 0.05) is 37.1 Å². The fraction of sp³-hybridized carbons (Fsp3) is 0.286. The van der Waals surface area contributed by atoms with Gasteiger partial charge in [-0.05, 0) is 48.2 Å². The summed E-state index contributed by atoms with van der Waals surface area (Å²) in [5, 5.41) is 13.2. The number of likely N-dealkylation sites (tertiary alicyclic amines) is 2. The minimum Gasteiger partial charge on any atom is -0.507 e. The van der Waals surface area contributed by atoms with Crippen LogP contribution in [-0.4, -0.2) is 63.4 Å². The van der Waals surface area contributed by atoms with Gasteiger partial charge in [-0.2, -0.15) is 0 Å². The Labute approximate surface area is 208 Å². The van der Waals surface area contributed by atoms with Crippen LogP contribution in [0.4, 0.5) is 4.79 Å². The Kier molecular flexibility index (Phi) is 6.41. The summed E-state index contributed by atoms with van der Waals surface area (Å²) in [6.45, 7) is 2.89. The molecule has 5 rings (SSSR count). The lowest BCUT2D eigenvalue weighted by atomic mass is 9.92. The fourth-order valence-corrected chi connectivity index (χ4v) is 5.22. The number of hydrogen-bond acceptors (Lipinski definition) is 6. The van der Waals surface area contributed by atoms with Crippen LogP contribution in [0, 0.1) is 0 Å². The van der Waals surface area contributed by atoms with Gasteiger partial charge in [-0.15, -0.1) is 0 Å². The van der Waals surface area contributed by atoms with Crippen molar-refractivity contribution in [2.45, 2.75) is 31.8 Å². The predicted octanol–water partition coefficient (Wildman–Crippen LogP) is 4.28. The molecular formula is C28H27N3O5. The third kappa shape index (κ3) is 4.08. The number of nitrogens with zero attached hydrogens (tertiary/aromatic N) is 3. The zero-order valence-electron chi connectivity index (χ0n) is 20.0. The average molecular weight is 486 g/mol. The molecule has 2 fully saturated rings. The molecule has 1 atom stereocenters. The number of pyridine rings is 1. The summed E-state index contributed by atoms with van der Waals surface area (Å²) < 4.78 is 5.11. The van der Waals surface area contributed by atoms with Crippen molar-refractivity contribution in [3.63, 3.8) is 0 Å². The van der Waals surface area contributed by atoms with Crippen LogP contribution in [0.15, 0.2) is 72.6 Å². The lowest BCUT2D eigenvalue weighted by Crippen LogP contribution is -2.48. The molecule has 0 aliphatic carbocycles. The van der Waals surface area contributed by atoms with E-state index < -0.39 is 17.7 Å². The molecule has 2 aliphatic heterocycles. The zero-order chi connectivity index (χ0) is 25.2. The van der Waals surface area contributed by atoms with Crippen LogP contribution in [0.2, 0.25) is 0 Å². The molecule has 3 heterocycles. The number of Topliss-reactive ketones (excluding diaryl/α,β-unsaturated/α-hetero) is 1. The Morgan fingerprint density at radius 2 is 1.72 bits per heavy atom. The van der Waals surface area contributed by atoms with Gasteiger partial charge < -0.3 is 19.6 Å². The minimum atomic E-state index is -0.758. The third-order valence-electron chi connectivity index (χ3n) is 6.93. The number of piperidine rings is 1. The Balaban J connectivity index is 1.57. The van der Waals surface area contributed by atoms with E-state index >= 15 is 0 Å². The van der Waals surface area contributed by atoms with Gasteiger partial charge in [0.1, 0.15) is 5.76 Å². The van der Waals surface area contributed by atoms with Gasteiger partial charge in [0.25, 0.3) is 11.7 Å². The molecule has 0 spiro atoms.